The fraction of sp³-hybridized carbons (Fsp3) is 0.381. The summed E-state index contributed by atoms with van der Waals surface area (Å²) in [5, 5.41) is 3.25. The minimum absolute atomic E-state index is 0. The molecule has 0 aromatic heterocycles. The predicted octanol–water partition coefficient (Wildman–Crippen LogP) is 4.44. The molecule has 3 aliphatic rings. The zero-order valence-electron chi connectivity index (χ0n) is 16.0. The maximum Gasteiger partial charge on any atom is 0.453 e. The number of rotatable bonds is 2. The van der Waals surface area contributed by atoms with Gasteiger partial charge in [0, 0.05) is 17.7 Å². The summed E-state index contributed by atoms with van der Waals surface area (Å²) in [5.41, 5.74) is 1.70. The number of fused-ring (bicyclic) bond motifs is 3. The molecule has 1 N–H and O–H groups in total. The molecule has 6 nitrogen and oxygen atoms in total. The van der Waals surface area contributed by atoms with Gasteiger partial charge in [0.2, 0.25) is 5.91 Å². The third-order valence-corrected chi connectivity index (χ3v) is 7.91. The molecule has 0 radical (unpaired) electrons. The highest BCUT2D eigenvalue weighted by atomic mass is 35.5. The minimum atomic E-state index is -3.64. The number of para-hydroxylation sites is 2. The normalized spacial score (nSPS) is 24.3. The summed E-state index contributed by atoms with van der Waals surface area (Å²) in [6.45, 7) is 1.43. The topological polar surface area (TPSA) is 67.9 Å². The SMILES string of the molecule is Cl.O=C([C@@H]1CCCN1)N1CCCC1P1(=O)Oc2ccccc2-c2ccccc2O1. The molecule has 0 bridgehead atoms. The third-order valence-electron chi connectivity index (χ3n) is 5.74. The molecule has 5 rings (SSSR count). The van der Waals surface area contributed by atoms with Crippen LogP contribution >= 0.6 is 20.0 Å². The van der Waals surface area contributed by atoms with E-state index in [2.05, 4.69) is 5.32 Å². The van der Waals surface area contributed by atoms with E-state index in [1.165, 1.54) is 0 Å². The highest BCUT2D eigenvalue weighted by Gasteiger charge is 2.50. The first-order chi connectivity index (χ1) is 13.7. The molecule has 29 heavy (non-hydrogen) atoms. The van der Waals surface area contributed by atoms with Crippen LogP contribution in [-0.2, 0) is 9.36 Å². The second kappa shape index (κ2) is 8.02. The molecule has 3 aliphatic heterocycles. The van der Waals surface area contributed by atoms with E-state index in [0.717, 1.165) is 36.9 Å². The number of likely N-dealkylation sites (tertiary alicyclic amines) is 1. The van der Waals surface area contributed by atoms with Crippen molar-refractivity contribution < 1.29 is 18.4 Å². The van der Waals surface area contributed by atoms with Gasteiger partial charge in [-0.3, -0.25) is 4.79 Å². The van der Waals surface area contributed by atoms with Gasteiger partial charge in [0.25, 0.3) is 0 Å². The molecule has 0 spiro atoms. The van der Waals surface area contributed by atoms with Crippen molar-refractivity contribution in [2.45, 2.75) is 37.5 Å². The number of benzene rings is 2. The monoisotopic (exact) mass is 434 g/mol. The van der Waals surface area contributed by atoms with Crippen molar-refractivity contribution in [2.24, 2.45) is 0 Å². The van der Waals surface area contributed by atoms with Gasteiger partial charge in [-0.15, -0.1) is 12.4 Å². The van der Waals surface area contributed by atoms with E-state index in [9.17, 15) is 9.36 Å². The van der Waals surface area contributed by atoms with Gasteiger partial charge in [0.1, 0.15) is 11.5 Å². The number of amides is 1. The number of hydrogen-bond acceptors (Lipinski definition) is 5. The summed E-state index contributed by atoms with van der Waals surface area (Å²) < 4.78 is 26.2. The van der Waals surface area contributed by atoms with Crippen LogP contribution < -0.4 is 14.4 Å². The maximum absolute atomic E-state index is 14.1. The van der Waals surface area contributed by atoms with Crippen LogP contribution in [0.1, 0.15) is 25.7 Å². The van der Waals surface area contributed by atoms with E-state index in [4.69, 9.17) is 9.05 Å². The van der Waals surface area contributed by atoms with Crippen molar-refractivity contribution in [2.75, 3.05) is 13.1 Å². The summed E-state index contributed by atoms with van der Waals surface area (Å²) in [6, 6.07) is 14.9. The van der Waals surface area contributed by atoms with Gasteiger partial charge in [-0.1, -0.05) is 36.4 Å². The lowest BCUT2D eigenvalue weighted by Gasteiger charge is -2.31. The first-order valence-electron chi connectivity index (χ1n) is 9.87. The quantitative estimate of drug-likeness (QED) is 0.708. The van der Waals surface area contributed by atoms with E-state index in [1.807, 2.05) is 48.5 Å². The van der Waals surface area contributed by atoms with Crippen LogP contribution in [0, 0.1) is 0 Å². The average Bonchev–Trinajstić information content (AvgIpc) is 3.39. The van der Waals surface area contributed by atoms with E-state index in [0.29, 0.717) is 24.5 Å². The number of nitrogens with zero attached hydrogens (tertiary/aromatic N) is 1. The van der Waals surface area contributed by atoms with Crippen molar-refractivity contribution in [1.29, 1.82) is 0 Å². The fourth-order valence-electron chi connectivity index (χ4n) is 4.38. The van der Waals surface area contributed by atoms with Crippen LogP contribution in [-0.4, -0.2) is 35.7 Å². The molecule has 0 saturated carbocycles. The first-order valence-corrected chi connectivity index (χ1v) is 11.5. The molecule has 8 heteroatoms. The number of halogens is 1. The lowest BCUT2D eigenvalue weighted by atomic mass is 10.0. The summed E-state index contributed by atoms with van der Waals surface area (Å²) in [5.74, 6) is 0.512. The second-order valence-corrected chi connectivity index (χ2v) is 9.56. The third kappa shape index (κ3) is 3.54. The molecule has 2 aromatic carbocycles. The molecular formula is C21H24ClN2O4P. The Labute approximate surface area is 176 Å². The van der Waals surface area contributed by atoms with Crippen molar-refractivity contribution in [1.82, 2.24) is 10.2 Å². The molecule has 154 valence electrons. The fourth-order valence-corrected chi connectivity index (χ4v) is 6.60. The Balaban J connectivity index is 0.00000205. The smallest absolute Gasteiger partial charge is 0.414 e. The average molecular weight is 435 g/mol. The van der Waals surface area contributed by atoms with Crippen LogP contribution in [0.4, 0.5) is 0 Å². The second-order valence-electron chi connectivity index (χ2n) is 7.52. The Morgan fingerprint density at radius 3 is 2.17 bits per heavy atom. The van der Waals surface area contributed by atoms with Crippen LogP contribution in [0.2, 0.25) is 0 Å². The van der Waals surface area contributed by atoms with Gasteiger partial charge in [0.15, 0.2) is 5.78 Å². The van der Waals surface area contributed by atoms with Gasteiger partial charge in [0.05, 0.1) is 6.04 Å². The molecule has 3 heterocycles. The number of hydrogen-bond donors (Lipinski definition) is 1. The molecule has 2 aromatic rings. The van der Waals surface area contributed by atoms with Crippen molar-refractivity contribution in [3.05, 3.63) is 48.5 Å². The van der Waals surface area contributed by atoms with Crippen molar-refractivity contribution in [3.8, 4) is 22.6 Å². The highest BCUT2D eigenvalue weighted by molar-refractivity contribution is 7.55. The van der Waals surface area contributed by atoms with Gasteiger partial charge < -0.3 is 19.3 Å². The molecule has 0 aliphatic carbocycles. The highest BCUT2D eigenvalue weighted by Crippen LogP contribution is 2.61. The Kier molecular flexibility index (Phi) is 5.60. The van der Waals surface area contributed by atoms with E-state index >= 15 is 0 Å². The number of carbonyl (C=O) groups is 1. The van der Waals surface area contributed by atoms with Gasteiger partial charge in [-0.05, 0) is 44.4 Å². The van der Waals surface area contributed by atoms with Crippen LogP contribution in [0.3, 0.4) is 0 Å². The Morgan fingerprint density at radius 2 is 1.59 bits per heavy atom. The molecule has 2 atom stereocenters. The molecular weight excluding hydrogens is 411 g/mol. The van der Waals surface area contributed by atoms with Gasteiger partial charge >= 0.3 is 7.60 Å². The standard InChI is InChI=1S/C21H23N2O4P.ClH/c24-21(17-9-5-13-22-17)23-14-6-12-20(23)28(25)26-18-10-3-1-7-15(18)16-8-2-4-11-19(16)27-28;/h1-4,7-8,10-11,17,20,22H,5-6,9,12-14H2;1H/t17-,20?;/m0./s1. The molecule has 1 unspecified atom stereocenters. The van der Waals surface area contributed by atoms with Crippen LogP contribution in [0.15, 0.2) is 48.5 Å². The lowest BCUT2D eigenvalue weighted by molar-refractivity contribution is -0.132. The summed E-state index contributed by atoms with van der Waals surface area (Å²) in [4.78, 5) is 14.8. The lowest BCUT2D eigenvalue weighted by Crippen LogP contribution is -2.46. The molecule has 2 fully saturated rings. The largest absolute Gasteiger partial charge is 0.453 e. The van der Waals surface area contributed by atoms with Crippen molar-refractivity contribution >= 4 is 25.9 Å². The van der Waals surface area contributed by atoms with Crippen LogP contribution in [0.25, 0.3) is 11.1 Å². The summed E-state index contributed by atoms with van der Waals surface area (Å²) >= 11 is 0. The Hall–Kier alpha value is -2.01. The number of carbonyl (C=O) groups excluding carboxylic acids is 1. The first kappa shape index (κ1) is 20.3. The van der Waals surface area contributed by atoms with E-state index < -0.39 is 13.4 Å². The zero-order valence-corrected chi connectivity index (χ0v) is 17.7. The number of nitrogens with one attached hydrogen (secondary N) is 1. The Bertz CT molecular complexity index is 912. The zero-order chi connectivity index (χ0) is 19.1. The van der Waals surface area contributed by atoms with Gasteiger partial charge in [-0.25, -0.2) is 4.57 Å². The minimum Gasteiger partial charge on any atom is -0.414 e. The predicted molar refractivity (Wildman–Crippen MR) is 114 cm³/mol. The molecule has 1 amide bonds. The van der Waals surface area contributed by atoms with E-state index in [-0.39, 0.29) is 24.4 Å². The van der Waals surface area contributed by atoms with Crippen LogP contribution in [0.5, 0.6) is 11.5 Å². The van der Waals surface area contributed by atoms with Crippen molar-refractivity contribution in [3.63, 3.8) is 0 Å². The maximum atomic E-state index is 14.1. The Morgan fingerprint density at radius 1 is 0.966 bits per heavy atom. The molecule has 2 saturated heterocycles. The van der Waals surface area contributed by atoms with Gasteiger partial charge in [-0.2, -0.15) is 0 Å². The summed E-state index contributed by atoms with van der Waals surface area (Å²) in [6.07, 6.45) is 3.21. The van der Waals surface area contributed by atoms with E-state index in [1.54, 1.807) is 4.90 Å². The summed E-state index contributed by atoms with van der Waals surface area (Å²) in [7, 11) is -3.64.